The van der Waals surface area contributed by atoms with Gasteiger partial charge in [-0.25, -0.2) is 0 Å². The number of hydrogen-bond donors (Lipinski definition) is 1. The largest absolute Gasteiger partial charge is 0.496 e. The summed E-state index contributed by atoms with van der Waals surface area (Å²) in [5.74, 6) is 2.89. The third kappa shape index (κ3) is 2.29. The molecule has 1 aliphatic heterocycles. The summed E-state index contributed by atoms with van der Waals surface area (Å²) in [6.45, 7) is 6.12. The minimum Gasteiger partial charge on any atom is -0.496 e. The normalized spacial score (nSPS) is 22.1. The number of aromatic nitrogens is 2. The van der Waals surface area contributed by atoms with Crippen LogP contribution in [0.3, 0.4) is 0 Å². The van der Waals surface area contributed by atoms with E-state index in [0.717, 1.165) is 30.0 Å². The molecule has 2 unspecified atom stereocenters. The highest BCUT2D eigenvalue weighted by molar-refractivity contribution is 5.64. The maximum absolute atomic E-state index is 5.45. The number of ether oxygens (including phenoxy) is 1. The highest BCUT2D eigenvalue weighted by Crippen LogP contribution is 2.32. The molecule has 0 bridgehead atoms. The Balaban J connectivity index is 1.94. The van der Waals surface area contributed by atoms with Crippen molar-refractivity contribution in [3.8, 4) is 17.1 Å². The molecule has 1 aromatic carbocycles. The zero-order valence-corrected chi connectivity index (χ0v) is 12.0. The Morgan fingerprint density at radius 3 is 2.90 bits per heavy atom. The van der Waals surface area contributed by atoms with Crippen LogP contribution in [-0.4, -0.2) is 30.3 Å². The minimum atomic E-state index is 0.299. The Hall–Kier alpha value is -1.88. The number of aryl methyl sites for hydroxylation is 1. The highest BCUT2D eigenvalue weighted by atomic mass is 16.5. The van der Waals surface area contributed by atoms with Crippen molar-refractivity contribution in [3.63, 3.8) is 0 Å². The lowest BCUT2D eigenvalue weighted by atomic mass is 9.98. The molecule has 5 nitrogen and oxygen atoms in total. The number of methoxy groups -OCH3 is 1. The van der Waals surface area contributed by atoms with Gasteiger partial charge in [-0.3, -0.25) is 0 Å². The summed E-state index contributed by atoms with van der Waals surface area (Å²) < 4.78 is 10.8. The number of benzene rings is 1. The van der Waals surface area contributed by atoms with Crippen molar-refractivity contribution in [1.29, 1.82) is 0 Å². The van der Waals surface area contributed by atoms with Crippen LogP contribution in [0.4, 0.5) is 0 Å². The van der Waals surface area contributed by atoms with E-state index in [1.165, 1.54) is 0 Å². The van der Waals surface area contributed by atoms with Crippen LogP contribution in [-0.2, 0) is 0 Å². The van der Waals surface area contributed by atoms with Crippen molar-refractivity contribution in [2.75, 3.05) is 20.2 Å². The molecule has 1 saturated heterocycles. The van der Waals surface area contributed by atoms with E-state index in [-0.39, 0.29) is 0 Å². The van der Waals surface area contributed by atoms with Crippen LogP contribution in [0, 0.1) is 12.8 Å². The molecule has 0 aliphatic carbocycles. The summed E-state index contributed by atoms with van der Waals surface area (Å²) in [7, 11) is 1.65. The first-order valence-electron chi connectivity index (χ1n) is 6.88. The van der Waals surface area contributed by atoms with Gasteiger partial charge in [-0.15, -0.1) is 0 Å². The summed E-state index contributed by atoms with van der Waals surface area (Å²) in [4.78, 5) is 4.55. The molecule has 1 fully saturated rings. The first-order chi connectivity index (χ1) is 9.69. The molecule has 2 atom stereocenters. The van der Waals surface area contributed by atoms with Gasteiger partial charge in [-0.2, -0.15) is 4.98 Å². The summed E-state index contributed by atoms with van der Waals surface area (Å²) >= 11 is 0. The minimum absolute atomic E-state index is 0.299. The molecule has 3 rings (SSSR count). The van der Waals surface area contributed by atoms with Gasteiger partial charge < -0.3 is 14.6 Å². The average molecular weight is 273 g/mol. The zero-order valence-electron chi connectivity index (χ0n) is 12.0. The van der Waals surface area contributed by atoms with Crippen molar-refractivity contribution in [3.05, 3.63) is 29.7 Å². The molecule has 2 heterocycles. The van der Waals surface area contributed by atoms with E-state index in [4.69, 9.17) is 9.26 Å². The molecule has 1 aliphatic rings. The van der Waals surface area contributed by atoms with E-state index in [9.17, 15) is 0 Å². The maximum atomic E-state index is 5.45. The van der Waals surface area contributed by atoms with Crippen LogP contribution in [0.15, 0.2) is 22.7 Å². The quantitative estimate of drug-likeness (QED) is 0.930. The van der Waals surface area contributed by atoms with Crippen molar-refractivity contribution < 1.29 is 9.26 Å². The van der Waals surface area contributed by atoms with Gasteiger partial charge in [0.05, 0.1) is 18.6 Å². The number of nitrogens with zero attached hydrogens (tertiary/aromatic N) is 2. The molecule has 5 heteroatoms. The summed E-state index contributed by atoms with van der Waals surface area (Å²) in [5.41, 5.74) is 2.01. The molecule has 0 saturated carbocycles. The Labute approximate surface area is 118 Å². The lowest BCUT2D eigenvalue weighted by molar-refractivity contribution is 0.339. The van der Waals surface area contributed by atoms with Gasteiger partial charge in [-0.1, -0.05) is 18.1 Å². The fraction of sp³-hybridized carbons (Fsp3) is 0.467. The lowest BCUT2D eigenvalue weighted by Gasteiger charge is -2.07. The first-order valence-corrected chi connectivity index (χ1v) is 6.88. The molecular weight excluding hydrogens is 254 g/mol. The molecule has 1 N–H and O–H groups in total. The summed E-state index contributed by atoms with van der Waals surface area (Å²) in [5, 5.41) is 7.46. The molecule has 0 amide bonds. The zero-order chi connectivity index (χ0) is 14.1. The SMILES string of the molecule is COc1cc(C)ccc1-c1noc(C2CNCC2C)n1. The molecule has 1 aromatic heterocycles. The standard InChI is InChI=1S/C15H19N3O2/c1-9-4-5-11(13(6-9)19-3)14-17-15(20-18-14)12-8-16-7-10(12)2/h4-6,10,12,16H,7-8H2,1-3H3. The fourth-order valence-corrected chi connectivity index (χ4v) is 2.62. The van der Waals surface area contributed by atoms with Crippen LogP contribution >= 0.6 is 0 Å². The number of hydrogen-bond acceptors (Lipinski definition) is 5. The van der Waals surface area contributed by atoms with Crippen molar-refractivity contribution in [2.45, 2.75) is 19.8 Å². The van der Waals surface area contributed by atoms with Gasteiger partial charge in [0.15, 0.2) is 0 Å². The van der Waals surface area contributed by atoms with E-state index >= 15 is 0 Å². The first kappa shape index (κ1) is 13.1. The molecule has 2 aromatic rings. The highest BCUT2D eigenvalue weighted by Gasteiger charge is 2.30. The van der Waals surface area contributed by atoms with Crippen LogP contribution < -0.4 is 10.1 Å². The van der Waals surface area contributed by atoms with E-state index in [0.29, 0.717) is 23.6 Å². The van der Waals surface area contributed by atoms with Crippen molar-refractivity contribution in [1.82, 2.24) is 15.5 Å². The van der Waals surface area contributed by atoms with E-state index < -0.39 is 0 Å². The molecule has 20 heavy (non-hydrogen) atoms. The maximum Gasteiger partial charge on any atom is 0.231 e. The lowest BCUT2D eigenvalue weighted by Crippen LogP contribution is -2.08. The van der Waals surface area contributed by atoms with Gasteiger partial charge >= 0.3 is 0 Å². The van der Waals surface area contributed by atoms with E-state index in [1.807, 2.05) is 25.1 Å². The van der Waals surface area contributed by atoms with Gasteiger partial charge in [0.25, 0.3) is 0 Å². The van der Waals surface area contributed by atoms with Gasteiger partial charge in [0.1, 0.15) is 5.75 Å². The number of rotatable bonds is 3. The Bertz CT molecular complexity index is 609. The molecular formula is C15H19N3O2. The third-order valence-corrected chi connectivity index (χ3v) is 3.87. The third-order valence-electron chi connectivity index (χ3n) is 3.87. The number of nitrogens with one attached hydrogen (secondary N) is 1. The Morgan fingerprint density at radius 2 is 2.20 bits per heavy atom. The molecule has 0 spiro atoms. The van der Waals surface area contributed by atoms with Crippen LogP contribution in [0.1, 0.15) is 24.3 Å². The summed E-state index contributed by atoms with van der Waals surface area (Å²) in [6.07, 6.45) is 0. The van der Waals surface area contributed by atoms with Crippen LogP contribution in [0.5, 0.6) is 5.75 Å². The molecule has 106 valence electrons. The van der Waals surface area contributed by atoms with Crippen molar-refractivity contribution >= 4 is 0 Å². The van der Waals surface area contributed by atoms with E-state index in [1.54, 1.807) is 7.11 Å². The Kier molecular flexibility index (Phi) is 3.44. The van der Waals surface area contributed by atoms with Crippen molar-refractivity contribution in [2.24, 2.45) is 5.92 Å². The molecule has 0 radical (unpaired) electrons. The average Bonchev–Trinajstić information content (AvgIpc) is 3.07. The fourth-order valence-electron chi connectivity index (χ4n) is 2.62. The predicted octanol–water partition coefficient (Wildman–Crippen LogP) is 2.38. The topological polar surface area (TPSA) is 60.2 Å². The van der Waals surface area contributed by atoms with Gasteiger partial charge in [-0.05, 0) is 37.1 Å². The second kappa shape index (κ2) is 5.25. The smallest absolute Gasteiger partial charge is 0.231 e. The second-order valence-corrected chi connectivity index (χ2v) is 5.40. The second-order valence-electron chi connectivity index (χ2n) is 5.40. The summed E-state index contributed by atoms with van der Waals surface area (Å²) in [6, 6.07) is 5.97. The van der Waals surface area contributed by atoms with Crippen LogP contribution in [0.25, 0.3) is 11.4 Å². The van der Waals surface area contributed by atoms with Gasteiger partial charge in [0, 0.05) is 6.54 Å². The Morgan fingerprint density at radius 1 is 1.35 bits per heavy atom. The van der Waals surface area contributed by atoms with Gasteiger partial charge in [0.2, 0.25) is 11.7 Å². The van der Waals surface area contributed by atoms with Crippen LogP contribution in [0.2, 0.25) is 0 Å². The van der Waals surface area contributed by atoms with E-state index in [2.05, 4.69) is 22.4 Å². The predicted molar refractivity (Wildman–Crippen MR) is 75.8 cm³/mol. The monoisotopic (exact) mass is 273 g/mol.